The minimum absolute atomic E-state index is 0.00111. The Morgan fingerprint density at radius 1 is 1.40 bits per heavy atom. The highest BCUT2D eigenvalue weighted by molar-refractivity contribution is 5.97. The molecule has 2 aromatic rings. The molecule has 0 aliphatic rings. The van der Waals surface area contributed by atoms with Crippen molar-refractivity contribution < 1.29 is 19.1 Å². The third kappa shape index (κ3) is 4.75. The van der Waals surface area contributed by atoms with Crippen LogP contribution >= 0.6 is 0 Å². The highest BCUT2D eigenvalue weighted by atomic mass is 16.5. The summed E-state index contributed by atoms with van der Waals surface area (Å²) in [6.45, 7) is 5.57. The van der Waals surface area contributed by atoms with Crippen LogP contribution < -0.4 is 10.1 Å². The summed E-state index contributed by atoms with van der Waals surface area (Å²) in [5.74, 6) is 0.419. The van der Waals surface area contributed by atoms with Crippen LogP contribution in [0.15, 0.2) is 12.3 Å². The van der Waals surface area contributed by atoms with Crippen molar-refractivity contribution in [2.45, 2.75) is 33.2 Å². The van der Waals surface area contributed by atoms with Gasteiger partial charge in [0.15, 0.2) is 5.82 Å². The molecule has 0 aromatic carbocycles. The van der Waals surface area contributed by atoms with Crippen molar-refractivity contribution in [2.75, 3.05) is 13.7 Å². The highest BCUT2D eigenvalue weighted by Gasteiger charge is 2.19. The first kappa shape index (κ1) is 18.4. The minimum atomic E-state index is -0.460. The Labute approximate surface area is 145 Å². The molecule has 0 aliphatic carbocycles. The van der Waals surface area contributed by atoms with Crippen LogP contribution in [0.25, 0.3) is 0 Å². The number of rotatable bonds is 7. The summed E-state index contributed by atoms with van der Waals surface area (Å²) in [4.78, 5) is 32.2. The summed E-state index contributed by atoms with van der Waals surface area (Å²) in [7, 11) is 1.48. The molecular formula is C16H21N5O4. The Morgan fingerprint density at radius 2 is 2.16 bits per heavy atom. The number of ether oxygens (including phenoxy) is 2. The maximum absolute atomic E-state index is 12.5. The van der Waals surface area contributed by atoms with Crippen molar-refractivity contribution in [3.05, 3.63) is 35.2 Å². The lowest BCUT2D eigenvalue weighted by Crippen LogP contribution is -2.28. The quantitative estimate of drug-likeness (QED) is 0.720. The molecule has 9 heteroatoms. The van der Waals surface area contributed by atoms with Crippen LogP contribution in [-0.4, -0.2) is 45.8 Å². The van der Waals surface area contributed by atoms with Crippen molar-refractivity contribution in [3.8, 4) is 5.75 Å². The molecule has 2 N–H and O–H groups in total. The van der Waals surface area contributed by atoms with Gasteiger partial charge in [-0.2, -0.15) is 5.10 Å². The lowest BCUT2D eigenvalue weighted by atomic mass is 10.2. The zero-order valence-corrected chi connectivity index (χ0v) is 14.6. The fourth-order valence-electron chi connectivity index (χ4n) is 2.16. The largest absolute Gasteiger partial charge is 0.494 e. The Bertz CT molecular complexity index is 759. The van der Waals surface area contributed by atoms with Gasteiger partial charge in [0.2, 0.25) is 0 Å². The second-order valence-corrected chi connectivity index (χ2v) is 5.34. The number of hydrogen-bond acceptors (Lipinski definition) is 7. The van der Waals surface area contributed by atoms with E-state index >= 15 is 0 Å². The number of nitrogens with one attached hydrogen (secondary N) is 2. The van der Waals surface area contributed by atoms with Gasteiger partial charge in [0, 0.05) is 5.69 Å². The molecule has 1 unspecified atom stereocenters. The van der Waals surface area contributed by atoms with E-state index in [1.54, 1.807) is 26.8 Å². The van der Waals surface area contributed by atoms with Crippen molar-refractivity contribution in [1.82, 2.24) is 25.5 Å². The molecule has 0 aliphatic heterocycles. The van der Waals surface area contributed by atoms with E-state index in [2.05, 4.69) is 25.5 Å². The molecule has 9 nitrogen and oxygen atoms in total. The number of nitrogens with zero attached hydrogens (tertiary/aromatic N) is 3. The average molecular weight is 347 g/mol. The molecule has 0 bridgehead atoms. The van der Waals surface area contributed by atoms with E-state index in [0.717, 1.165) is 0 Å². The molecule has 2 aromatic heterocycles. The number of methoxy groups -OCH3 is 1. The predicted molar refractivity (Wildman–Crippen MR) is 88.1 cm³/mol. The SMILES string of the molecule is CCOC(=O)Cc1nc(C(C)NC(=O)c2cc(C)ncc2OC)n[nH]1. The fourth-order valence-corrected chi connectivity index (χ4v) is 2.16. The molecule has 1 amide bonds. The number of carbonyl (C=O) groups is 2. The third-order valence-corrected chi connectivity index (χ3v) is 3.37. The number of pyridine rings is 1. The number of aromatic amines is 1. The molecule has 0 saturated carbocycles. The number of aromatic nitrogens is 4. The maximum atomic E-state index is 12.5. The van der Waals surface area contributed by atoms with Gasteiger partial charge < -0.3 is 14.8 Å². The molecular weight excluding hydrogens is 326 g/mol. The molecule has 0 fully saturated rings. The minimum Gasteiger partial charge on any atom is -0.494 e. The normalized spacial score (nSPS) is 11.7. The van der Waals surface area contributed by atoms with Crippen LogP contribution in [0.5, 0.6) is 5.75 Å². The van der Waals surface area contributed by atoms with Gasteiger partial charge in [-0.1, -0.05) is 0 Å². The van der Waals surface area contributed by atoms with E-state index in [-0.39, 0.29) is 18.3 Å². The summed E-state index contributed by atoms with van der Waals surface area (Å²) in [6.07, 6.45) is 1.50. The monoisotopic (exact) mass is 347 g/mol. The van der Waals surface area contributed by atoms with Gasteiger partial charge >= 0.3 is 5.97 Å². The Balaban J connectivity index is 2.06. The van der Waals surface area contributed by atoms with Crippen LogP contribution in [0.3, 0.4) is 0 Å². The van der Waals surface area contributed by atoms with E-state index in [1.165, 1.54) is 13.3 Å². The molecule has 0 radical (unpaired) electrons. The first-order chi connectivity index (χ1) is 11.9. The van der Waals surface area contributed by atoms with Crippen LogP contribution in [0.2, 0.25) is 0 Å². The number of amides is 1. The molecule has 25 heavy (non-hydrogen) atoms. The standard InChI is InChI=1S/C16H21N5O4/c1-5-25-14(22)7-13-19-15(21-20-13)10(3)18-16(23)11-6-9(2)17-8-12(11)24-4/h6,8,10H,5,7H2,1-4H3,(H,18,23)(H,19,20,21). The zero-order valence-electron chi connectivity index (χ0n) is 14.6. The Kier molecular flexibility index (Phi) is 6.04. The molecule has 134 valence electrons. The number of hydrogen-bond donors (Lipinski definition) is 2. The van der Waals surface area contributed by atoms with Gasteiger partial charge in [-0.3, -0.25) is 19.7 Å². The first-order valence-electron chi connectivity index (χ1n) is 7.82. The lowest BCUT2D eigenvalue weighted by molar-refractivity contribution is -0.142. The van der Waals surface area contributed by atoms with Gasteiger partial charge in [0.25, 0.3) is 5.91 Å². The summed E-state index contributed by atoms with van der Waals surface area (Å²) < 4.78 is 10.0. The third-order valence-electron chi connectivity index (χ3n) is 3.37. The molecule has 2 rings (SSSR count). The Hall–Kier alpha value is -2.97. The second kappa shape index (κ2) is 8.22. The molecule has 2 heterocycles. The van der Waals surface area contributed by atoms with Gasteiger partial charge in [0.05, 0.1) is 31.5 Å². The predicted octanol–water partition coefficient (Wildman–Crippen LogP) is 1.11. The van der Waals surface area contributed by atoms with E-state index in [9.17, 15) is 9.59 Å². The van der Waals surface area contributed by atoms with Crippen LogP contribution in [0.1, 0.15) is 47.6 Å². The summed E-state index contributed by atoms with van der Waals surface area (Å²) in [5, 5.41) is 9.51. The average Bonchev–Trinajstić information content (AvgIpc) is 3.03. The van der Waals surface area contributed by atoms with Gasteiger partial charge in [-0.25, -0.2) is 4.98 Å². The number of H-pyrrole nitrogens is 1. The maximum Gasteiger partial charge on any atom is 0.313 e. The van der Waals surface area contributed by atoms with Crippen molar-refractivity contribution in [3.63, 3.8) is 0 Å². The summed E-state index contributed by atoms with van der Waals surface area (Å²) in [6, 6.07) is 1.18. The van der Waals surface area contributed by atoms with E-state index < -0.39 is 6.04 Å². The smallest absolute Gasteiger partial charge is 0.313 e. The van der Waals surface area contributed by atoms with Crippen molar-refractivity contribution >= 4 is 11.9 Å². The number of aryl methyl sites for hydroxylation is 1. The molecule has 0 spiro atoms. The topological polar surface area (TPSA) is 119 Å². The van der Waals surface area contributed by atoms with Crippen LogP contribution in [-0.2, 0) is 16.0 Å². The second-order valence-electron chi connectivity index (χ2n) is 5.34. The number of carbonyl (C=O) groups excluding carboxylic acids is 2. The Morgan fingerprint density at radius 3 is 2.84 bits per heavy atom. The van der Waals surface area contributed by atoms with Gasteiger partial charge in [0.1, 0.15) is 18.0 Å². The summed E-state index contributed by atoms with van der Waals surface area (Å²) in [5.41, 5.74) is 1.08. The summed E-state index contributed by atoms with van der Waals surface area (Å²) >= 11 is 0. The lowest BCUT2D eigenvalue weighted by Gasteiger charge is -2.13. The van der Waals surface area contributed by atoms with Crippen molar-refractivity contribution in [1.29, 1.82) is 0 Å². The van der Waals surface area contributed by atoms with E-state index in [0.29, 0.717) is 35.3 Å². The van der Waals surface area contributed by atoms with Crippen LogP contribution in [0, 0.1) is 6.92 Å². The van der Waals surface area contributed by atoms with Crippen molar-refractivity contribution in [2.24, 2.45) is 0 Å². The van der Waals surface area contributed by atoms with E-state index in [1.807, 2.05) is 0 Å². The first-order valence-corrected chi connectivity index (χ1v) is 7.82. The van der Waals surface area contributed by atoms with Gasteiger partial charge in [-0.05, 0) is 26.8 Å². The fraction of sp³-hybridized carbons (Fsp3) is 0.438. The van der Waals surface area contributed by atoms with Crippen LogP contribution in [0.4, 0.5) is 0 Å². The highest BCUT2D eigenvalue weighted by Crippen LogP contribution is 2.18. The van der Waals surface area contributed by atoms with E-state index in [4.69, 9.17) is 9.47 Å². The molecule has 0 saturated heterocycles. The van der Waals surface area contributed by atoms with Gasteiger partial charge in [-0.15, -0.1) is 0 Å². The number of esters is 1. The zero-order chi connectivity index (χ0) is 18.4. The molecule has 1 atom stereocenters.